The van der Waals surface area contributed by atoms with E-state index < -0.39 is 10.0 Å². The molecule has 0 bridgehead atoms. The molecule has 0 spiro atoms. The zero-order valence-corrected chi connectivity index (χ0v) is 16.2. The van der Waals surface area contributed by atoms with Crippen molar-refractivity contribution in [2.24, 2.45) is 0 Å². The number of piperazine rings is 1. The average Bonchev–Trinajstić information content (AvgIpc) is 2.69. The molecular weight excluding hydrogens is 362 g/mol. The lowest BCUT2D eigenvalue weighted by atomic mass is 10.1. The second-order valence-electron chi connectivity index (χ2n) is 6.35. The third-order valence-electron chi connectivity index (χ3n) is 4.64. The first-order valence-electron chi connectivity index (χ1n) is 8.98. The van der Waals surface area contributed by atoms with Crippen molar-refractivity contribution in [1.29, 1.82) is 5.26 Å². The molecule has 0 atom stereocenters. The molecule has 0 aliphatic carbocycles. The maximum atomic E-state index is 12.8. The molecule has 27 heavy (non-hydrogen) atoms. The molecule has 0 unspecified atom stereocenters. The Kier molecular flexibility index (Phi) is 6.11. The van der Waals surface area contributed by atoms with Gasteiger partial charge in [-0.25, -0.2) is 8.42 Å². The van der Waals surface area contributed by atoms with E-state index in [-0.39, 0.29) is 4.90 Å². The van der Waals surface area contributed by atoms with E-state index in [1.165, 1.54) is 4.31 Å². The molecule has 0 N–H and O–H groups in total. The highest BCUT2D eigenvalue weighted by Crippen LogP contribution is 2.21. The van der Waals surface area contributed by atoms with Crippen LogP contribution in [0.5, 0.6) is 5.75 Å². The van der Waals surface area contributed by atoms with Crippen LogP contribution in [0.1, 0.15) is 18.1 Å². The summed E-state index contributed by atoms with van der Waals surface area (Å²) in [6, 6.07) is 16.3. The monoisotopic (exact) mass is 385 g/mol. The Morgan fingerprint density at radius 3 is 2.33 bits per heavy atom. The lowest BCUT2D eigenvalue weighted by Crippen LogP contribution is -2.48. The fourth-order valence-corrected chi connectivity index (χ4v) is 4.58. The second kappa shape index (κ2) is 8.53. The molecule has 0 aromatic heterocycles. The van der Waals surface area contributed by atoms with Gasteiger partial charge in [0.1, 0.15) is 5.75 Å². The molecule has 1 heterocycles. The number of nitriles is 1. The number of nitrogens with zero attached hydrogens (tertiary/aromatic N) is 3. The van der Waals surface area contributed by atoms with Crippen LogP contribution in [0, 0.1) is 11.3 Å². The maximum absolute atomic E-state index is 12.8. The Morgan fingerprint density at radius 2 is 1.70 bits per heavy atom. The minimum absolute atomic E-state index is 0.286. The summed E-state index contributed by atoms with van der Waals surface area (Å²) in [5.41, 5.74) is 1.64. The van der Waals surface area contributed by atoms with Crippen molar-refractivity contribution >= 4 is 10.0 Å². The minimum Gasteiger partial charge on any atom is -0.494 e. The molecule has 142 valence electrons. The van der Waals surface area contributed by atoms with Crippen LogP contribution in [0.25, 0.3) is 0 Å². The van der Waals surface area contributed by atoms with E-state index in [9.17, 15) is 13.7 Å². The van der Waals surface area contributed by atoms with E-state index in [4.69, 9.17) is 4.74 Å². The van der Waals surface area contributed by atoms with Gasteiger partial charge in [-0.15, -0.1) is 0 Å². The molecule has 7 heteroatoms. The molecular formula is C20H23N3O3S. The third-order valence-corrected chi connectivity index (χ3v) is 6.55. The number of sulfonamides is 1. The number of hydrogen-bond acceptors (Lipinski definition) is 5. The molecule has 1 saturated heterocycles. The number of rotatable bonds is 6. The van der Waals surface area contributed by atoms with Gasteiger partial charge in [-0.2, -0.15) is 9.57 Å². The summed E-state index contributed by atoms with van der Waals surface area (Å²) >= 11 is 0. The van der Waals surface area contributed by atoms with Gasteiger partial charge in [0.15, 0.2) is 0 Å². The highest BCUT2D eigenvalue weighted by Gasteiger charge is 2.28. The van der Waals surface area contributed by atoms with Crippen LogP contribution in [0.15, 0.2) is 53.4 Å². The van der Waals surface area contributed by atoms with Gasteiger partial charge in [-0.05, 0) is 42.8 Å². The van der Waals surface area contributed by atoms with Crippen LogP contribution >= 0.6 is 0 Å². The standard InChI is InChI=1S/C20H23N3O3S/c1-2-26-19-7-9-20(10-8-19)27(24,25)23-13-11-22(12-14-23)16-18-6-4-3-5-17(18)15-21/h3-10H,2,11-14,16H2,1H3. The molecule has 1 aliphatic rings. The van der Waals surface area contributed by atoms with Crippen LogP contribution in [0.2, 0.25) is 0 Å². The van der Waals surface area contributed by atoms with Crippen molar-refractivity contribution in [1.82, 2.24) is 9.21 Å². The third kappa shape index (κ3) is 4.48. The molecule has 1 fully saturated rings. The SMILES string of the molecule is CCOc1ccc(S(=O)(=O)N2CCN(Cc3ccccc3C#N)CC2)cc1. The van der Waals surface area contributed by atoms with Crippen LogP contribution in [0.3, 0.4) is 0 Å². The number of hydrogen-bond donors (Lipinski definition) is 0. The van der Waals surface area contributed by atoms with Crippen molar-refractivity contribution < 1.29 is 13.2 Å². The summed E-state index contributed by atoms with van der Waals surface area (Å²) in [6.45, 7) is 5.23. The maximum Gasteiger partial charge on any atom is 0.243 e. The van der Waals surface area contributed by atoms with Gasteiger partial charge in [-0.3, -0.25) is 4.90 Å². The molecule has 0 amide bonds. The Labute approximate surface area is 160 Å². The highest BCUT2D eigenvalue weighted by molar-refractivity contribution is 7.89. The topological polar surface area (TPSA) is 73.6 Å². The van der Waals surface area contributed by atoms with Crippen molar-refractivity contribution in [3.63, 3.8) is 0 Å². The molecule has 3 rings (SSSR count). The van der Waals surface area contributed by atoms with Crippen molar-refractivity contribution in [2.45, 2.75) is 18.4 Å². The summed E-state index contributed by atoms with van der Waals surface area (Å²) in [5, 5.41) is 9.21. The van der Waals surface area contributed by atoms with E-state index in [1.54, 1.807) is 24.3 Å². The van der Waals surface area contributed by atoms with E-state index >= 15 is 0 Å². The van der Waals surface area contributed by atoms with Gasteiger partial charge in [0.25, 0.3) is 0 Å². The predicted octanol–water partition coefficient (Wildman–Crippen LogP) is 2.46. The smallest absolute Gasteiger partial charge is 0.243 e. The Morgan fingerprint density at radius 1 is 1.04 bits per heavy atom. The summed E-state index contributed by atoms with van der Waals surface area (Å²) in [4.78, 5) is 2.47. The molecule has 6 nitrogen and oxygen atoms in total. The summed E-state index contributed by atoms with van der Waals surface area (Å²) in [6.07, 6.45) is 0. The highest BCUT2D eigenvalue weighted by atomic mass is 32.2. The number of ether oxygens (including phenoxy) is 1. The first kappa shape index (κ1) is 19.4. The van der Waals surface area contributed by atoms with Gasteiger partial charge >= 0.3 is 0 Å². The minimum atomic E-state index is -3.50. The lowest BCUT2D eigenvalue weighted by molar-refractivity contribution is 0.181. The first-order valence-corrected chi connectivity index (χ1v) is 10.4. The van der Waals surface area contributed by atoms with E-state index in [0.717, 1.165) is 5.56 Å². The van der Waals surface area contributed by atoms with E-state index in [0.29, 0.717) is 50.6 Å². The summed E-state index contributed by atoms with van der Waals surface area (Å²) < 4.78 is 32.6. The van der Waals surface area contributed by atoms with E-state index in [1.807, 2.05) is 31.2 Å². The average molecular weight is 385 g/mol. The van der Waals surface area contributed by atoms with Crippen LogP contribution in [-0.4, -0.2) is 50.4 Å². The fraction of sp³-hybridized carbons (Fsp3) is 0.350. The van der Waals surface area contributed by atoms with Crippen molar-refractivity contribution in [2.75, 3.05) is 32.8 Å². The van der Waals surface area contributed by atoms with Gasteiger partial charge in [0.2, 0.25) is 10.0 Å². The zero-order chi connectivity index (χ0) is 19.3. The first-order chi connectivity index (χ1) is 13.0. The zero-order valence-electron chi connectivity index (χ0n) is 15.3. The van der Waals surface area contributed by atoms with Crippen LogP contribution < -0.4 is 4.74 Å². The van der Waals surface area contributed by atoms with Gasteiger partial charge in [-0.1, -0.05) is 18.2 Å². The predicted molar refractivity (Wildman–Crippen MR) is 103 cm³/mol. The fourth-order valence-electron chi connectivity index (χ4n) is 3.16. The molecule has 0 radical (unpaired) electrons. The largest absolute Gasteiger partial charge is 0.494 e. The second-order valence-corrected chi connectivity index (χ2v) is 8.29. The van der Waals surface area contributed by atoms with Crippen molar-refractivity contribution in [3.05, 3.63) is 59.7 Å². The number of benzene rings is 2. The van der Waals surface area contributed by atoms with Crippen LogP contribution in [-0.2, 0) is 16.6 Å². The lowest BCUT2D eigenvalue weighted by Gasteiger charge is -2.34. The Bertz CT molecular complexity index is 912. The summed E-state index contributed by atoms with van der Waals surface area (Å²) in [5.74, 6) is 0.664. The molecule has 0 saturated carbocycles. The van der Waals surface area contributed by atoms with Crippen molar-refractivity contribution in [3.8, 4) is 11.8 Å². The Balaban J connectivity index is 1.63. The molecule has 2 aromatic carbocycles. The summed E-state index contributed by atoms with van der Waals surface area (Å²) in [7, 11) is -3.50. The van der Waals surface area contributed by atoms with Gasteiger partial charge in [0, 0.05) is 32.7 Å². The van der Waals surface area contributed by atoms with Crippen LogP contribution in [0.4, 0.5) is 0 Å². The van der Waals surface area contributed by atoms with Gasteiger partial charge < -0.3 is 4.74 Å². The molecule has 1 aliphatic heterocycles. The Hall–Kier alpha value is -2.40. The molecule has 2 aromatic rings. The van der Waals surface area contributed by atoms with E-state index in [2.05, 4.69) is 11.0 Å². The quantitative estimate of drug-likeness (QED) is 0.764. The van der Waals surface area contributed by atoms with Gasteiger partial charge in [0.05, 0.1) is 23.1 Å². The normalized spacial score (nSPS) is 16.0.